The number of nitrogens with two attached hydrogens (primary N) is 1. The first kappa shape index (κ1) is 52.2. The summed E-state index contributed by atoms with van der Waals surface area (Å²) in [4.78, 5) is 84.1. The molecule has 68 heavy (non-hydrogen) atoms. The zero-order chi connectivity index (χ0) is 49.5. The van der Waals surface area contributed by atoms with Crippen molar-refractivity contribution in [1.82, 2.24) is 31.5 Å². The molecule has 2 aromatic rings. The number of rotatable bonds is 19. The van der Waals surface area contributed by atoms with E-state index >= 15 is 0 Å². The number of fused-ring (bicyclic) bond motifs is 5. The van der Waals surface area contributed by atoms with E-state index in [0.29, 0.717) is 43.2 Å². The lowest BCUT2D eigenvalue weighted by Gasteiger charge is -2.64. The smallest absolute Gasteiger partial charge is 0.481 e. The lowest BCUT2D eigenvalue weighted by Crippen LogP contribution is -2.65. The Balaban J connectivity index is 1.21. The minimum atomic E-state index is -1.41. The van der Waals surface area contributed by atoms with Crippen molar-refractivity contribution in [2.24, 2.45) is 23.0 Å². The highest BCUT2D eigenvalue weighted by Gasteiger charge is 2.68. The zero-order valence-corrected chi connectivity index (χ0v) is 41.0. The third kappa shape index (κ3) is 11.8. The number of carbonyl (C=O) groups excluding carboxylic acids is 6. The molecule has 3 aliphatic carbocycles. The second-order valence-electron chi connectivity index (χ2n) is 20.3. The molecule has 9 atom stereocenters. The largest absolute Gasteiger partial charge is 0.507 e. The first-order valence-electron chi connectivity index (χ1n) is 24.7. The minimum Gasteiger partial charge on any atom is -0.507 e. The van der Waals surface area contributed by atoms with Crippen LogP contribution in [-0.4, -0.2) is 114 Å². The fourth-order valence-electron chi connectivity index (χ4n) is 10.7. The monoisotopic (exact) mass is 944 g/mol. The lowest BCUT2D eigenvalue weighted by molar-refractivity contribution is -0.199. The molecule has 18 heteroatoms. The molecule has 9 N–H and O–H groups in total. The summed E-state index contributed by atoms with van der Waals surface area (Å²) in [5, 5.41) is 36.6. The number of hydrogen-bond acceptors (Lipinski definition) is 11. The summed E-state index contributed by atoms with van der Waals surface area (Å²) in [5.74, 6) is -3.38. The SMILES string of the molecule is CCCCCCCC(=O)NCCC(=O)N[C@@H](CCCCN)C(=O)N(C)[C@@H]1C(=O)N[C@@H](C)C(=O)N[C@H](C(=O)N[C@@H](C)B2O[C@@H]3C[C@@H]4C[C@@H](C4(C)C)[C@]3(C)O2)Cc2ccc(O)c(c2)-c2cc1ccc2O. The summed E-state index contributed by atoms with van der Waals surface area (Å²) in [6, 6.07) is 4.08. The van der Waals surface area contributed by atoms with Gasteiger partial charge in [-0.1, -0.05) is 58.6 Å². The highest BCUT2D eigenvalue weighted by Crippen LogP contribution is 2.65. The summed E-state index contributed by atoms with van der Waals surface area (Å²) < 4.78 is 13.0. The standard InChI is InChI=1S/C50H74BN7O10/c1-8-9-10-11-12-16-42(61)53-23-21-43(62)56-36(15-13-14-22-52)48(66)58(7)44-32-18-20-39(60)35(26-32)34-24-31(17-19-38(34)59)25-37(57-45(63)29(2)54-47(44)65)46(64)55-30(3)51-67-41-28-33-27-40(49(33,4)5)50(41,6)68-51/h17-20,24,26,29-30,33,36-37,40-41,44,59-60H,8-16,21-23,25,27-28,52H2,1-7H3,(H,53,61)(H,54,65)(H,55,64)(H,56,62)(H,57,63)/t29-,30-,33-,36-,37-,40-,41+,44-,50-/m0/s1. The van der Waals surface area contributed by atoms with Gasteiger partial charge in [0, 0.05) is 44.0 Å². The molecule has 0 radical (unpaired) electrons. The van der Waals surface area contributed by atoms with Gasteiger partial charge in [0.2, 0.25) is 35.4 Å². The van der Waals surface area contributed by atoms with E-state index in [2.05, 4.69) is 54.3 Å². The van der Waals surface area contributed by atoms with Gasteiger partial charge >= 0.3 is 7.12 Å². The van der Waals surface area contributed by atoms with Gasteiger partial charge in [0.25, 0.3) is 0 Å². The van der Waals surface area contributed by atoms with E-state index in [4.69, 9.17) is 15.0 Å². The molecule has 372 valence electrons. The molecule has 6 bridgehead atoms. The van der Waals surface area contributed by atoms with Crippen LogP contribution in [0.1, 0.15) is 136 Å². The molecular weight excluding hydrogens is 869 g/mol. The molecule has 5 aliphatic rings. The maximum Gasteiger partial charge on any atom is 0.481 e. The maximum atomic E-state index is 14.5. The van der Waals surface area contributed by atoms with Crippen molar-refractivity contribution in [2.45, 2.75) is 167 Å². The van der Waals surface area contributed by atoms with Crippen LogP contribution in [0.25, 0.3) is 11.1 Å². The van der Waals surface area contributed by atoms with Crippen LogP contribution in [0, 0.1) is 17.3 Å². The van der Waals surface area contributed by atoms with Gasteiger partial charge in [0.1, 0.15) is 35.7 Å². The molecule has 4 fully saturated rings. The summed E-state index contributed by atoms with van der Waals surface area (Å²) in [6.45, 7) is 12.5. The van der Waals surface area contributed by atoms with Crippen LogP contribution >= 0.6 is 0 Å². The number of nitrogens with zero attached hydrogens (tertiary/aromatic N) is 1. The number of hydrogen-bond donors (Lipinski definition) is 8. The van der Waals surface area contributed by atoms with Crippen molar-refractivity contribution in [1.29, 1.82) is 0 Å². The first-order valence-corrected chi connectivity index (χ1v) is 24.7. The van der Waals surface area contributed by atoms with Gasteiger partial charge in [-0.15, -0.1) is 0 Å². The average Bonchev–Trinajstić information content (AvgIpc) is 3.66. The number of phenols is 2. The molecule has 3 saturated carbocycles. The molecule has 0 spiro atoms. The van der Waals surface area contributed by atoms with E-state index in [0.717, 1.165) is 44.9 Å². The van der Waals surface area contributed by atoms with Gasteiger partial charge in [0.05, 0.1) is 17.6 Å². The lowest BCUT2D eigenvalue weighted by atomic mass is 9.43. The van der Waals surface area contributed by atoms with Gasteiger partial charge in [-0.05, 0) is 118 Å². The molecular formula is C50H74BN7O10. The van der Waals surface area contributed by atoms with Crippen LogP contribution in [0.5, 0.6) is 11.5 Å². The van der Waals surface area contributed by atoms with Crippen molar-refractivity contribution in [3.8, 4) is 22.6 Å². The third-order valence-corrected chi connectivity index (χ3v) is 15.0. The van der Waals surface area contributed by atoms with E-state index in [1.54, 1.807) is 19.1 Å². The molecule has 0 unspecified atom stereocenters. The maximum absolute atomic E-state index is 14.5. The van der Waals surface area contributed by atoms with E-state index in [-0.39, 0.29) is 71.4 Å². The molecule has 2 aromatic carbocycles. The van der Waals surface area contributed by atoms with Gasteiger partial charge in [-0.25, -0.2) is 0 Å². The topological polar surface area (TPSA) is 251 Å². The van der Waals surface area contributed by atoms with Crippen molar-refractivity contribution in [3.05, 3.63) is 47.5 Å². The number of aromatic hydroxyl groups is 2. The van der Waals surface area contributed by atoms with Gasteiger partial charge in [0.15, 0.2) is 0 Å². The van der Waals surface area contributed by atoms with Crippen LogP contribution in [-0.2, 0) is 44.5 Å². The van der Waals surface area contributed by atoms with Crippen LogP contribution in [0.15, 0.2) is 36.4 Å². The Morgan fingerprint density at radius 1 is 0.897 bits per heavy atom. The predicted octanol–water partition coefficient (Wildman–Crippen LogP) is 4.06. The Labute approximate surface area is 401 Å². The zero-order valence-electron chi connectivity index (χ0n) is 41.0. The Kier molecular flexibility index (Phi) is 17.3. The minimum absolute atomic E-state index is 0.0218. The highest BCUT2D eigenvalue weighted by atomic mass is 16.7. The van der Waals surface area contributed by atoms with E-state index in [9.17, 15) is 39.0 Å². The molecule has 2 aliphatic heterocycles. The van der Waals surface area contributed by atoms with Crippen molar-refractivity contribution >= 4 is 42.6 Å². The van der Waals surface area contributed by atoms with Crippen molar-refractivity contribution in [2.75, 3.05) is 20.1 Å². The molecule has 6 amide bonds. The number of nitrogens with one attached hydrogen (secondary N) is 5. The van der Waals surface area contributed by atoms with E-state index in [1.165, 1.54) is 43.1 Å². The highest BCUT2D eigenvalue weighted by molar-refractivity contribution is 6.47. The van der Waals surface area contributed by atoms with Crippen molar-refractivity contribution in [3.63, 3.8) is 0 Å². The summed E-state index contributed by atoms with van der Waals surface area (Å²) in [5.41, 5.74) is 6.51. The van der Waals surface area contributed by atoms with E-state index in [1.807, 2.05) is 0 Å². The Bertz CT molecular complexity index is 2180. The average molecular weight is 944 g/mol. The van der Waals surface area contributed by atoms with Crippen LogP contribution < -0.4 is 32.3 Å². The molecule has 2 heterocycles. The quantitative estimate of drug-likeness (QED) is 0.0737. The number of amides is 6. The second kappa shape index (κ2) is 22.5. The Morgan fingerprint density at radius 3 is 2.31 bits per heavy atom. The van der Waals surface area contributed by atoms with Gasteiger partial charge in [-0.3, -0.25) is 28.8 Å². The van der Waals surface area contributed by atoms with Crippen LogP contribution in [0.2, 0.25) is 0 Å². The fourth-order valence-corrected chi connectivity index (χ4v) is 10.7. The Hall–Kier alpha value is -5.20. The number of benzene rings is 2. The number of likely N-dealkylation sites (N-methyl/N-ethyl adjacent to an activating group) is 1. The van der Waals surface area contributed by atoms with E-state index < -0.39 is 72.4 Å². The van der Waals surface area contributed by atoms with Crippen LogP contribution in [0.4, 0.5) is 0 Å². The number of carbonyl (C=O) groups is 6. The fraction of sp³-hybridized carbons (Fsp3) is 0.640. The van der Waals surface area contributed by atoms with Gasteiger partial charge < -0.3 is 56.7 Å². The summed E-state index contributed by atoms with van der Waals surface area (Å²) in [6.07, 6.45) is 8.36. The van der Waals surface area contributed by atoms with Crippen molar-refractivity contribution < 1.29 is 48.3 Å². The molecule has 17 nitrogen and oxygen atoms in total. The molecule has 7 rings (SSSR count). The van der Waals surface area contributed by atoms with Crippen LogP contribution in [0.3, 0.4) is 0 Å². The second-order valence-corrected chi connectivity index (χ2v) is 20.3. The predicted molar refractivity (Wildman–Crippen MR) is 258 cm³/mol. The number of unbranched alkanes of at least 4 members (excludes halogenated alkanes) is 5. The normalized spacial score (nSPS) is 25.9. The summed E-state index contributed by atoms with van der Waals surface area (Å²) >= 11 is 0. The van der Waals surface area contributed by atoms with Gasteiger partial charge in [-0.2, -0.15) is 0 Å². The molecule has 1 saturated heterocycles. The third-order valence-electron chi connectivity index (χ3n) is 15.0. The number of phenolic OH excluding ortho intramolecular Hbond substituents is 2. The first-order chi connectivity index (χ1) is 32.3. The molecule has 0 aromatic heterocycles. The summed E-state index contributed by atoms with van der Waals surface area (Å²) in [7, 11) is 0.687. The Morgan fingerprint density at radius 2 is 1.60 bits per heavy atom.